The van der Waals surface area contributed by atoms with E-state index in [1.54, 1.807) is 4.90 Å². The third-order valence-electron chi connectivity index (χ3n) is 7.39. The van der Waals surface area contributed by atoms with E-state index < -0.39 is 29.4 Å². The van der Waals surface area contributed by atoms with Gasteiger partial charge in [-0.05, 0) is 68.6 Å². The molecule has 14 heteroatoms. The standard InChI is InChI=1S/C27H30F4N4O6/c1-15-16(2)23(37)35(41-25(39)27(29,30)31)32-21(15)12-17-5-6-20(28)19(11-17)24(38)33-8-9-34(22(36)14-33)18-7-10-40-26(3,4)13-18/h5-6,11,18H,7-10,12-14H2,1-4H3. The highest BCUT2D eigenvalue weighted by Gasteiger charge is 2.42. The molecule has 0 bridgehead atoms. The zero-order chi connectivity index (χ0) is 30.3. The lowest BCUT2D eigenvalue weighted by Gasteiger charge is -2.44. The number of amides is 2. The van der Waals surface area contributed by atoms with E-state index in [1.165, 1.54) is 30.9 Å². The summed E-state index contributed by atoms with van der Waals surface area (Å²) >= 11 is 0. The molecule has 1 unspecified atom stereocenters. The molecule has 0 spiro atoms. The highest BCUT2D eigenvalue weighted by atomic mass is 19.4. The van der Waals surface area contributed by atoms with E-state index in [1.807, 2.05) is 13.8 Å². The molecule has 3 heterocycles. The van der Waals surface area contributed by atoms with Gasteiger partial charge in [-0.3, -0.25) is 14.4 Å². The van der Waals surface area contributed by atoms with Crippen molar-refractivity contribution in [2.45, 2.75) is 64.8 Å². The molecule has 2 amide bonds. The third-order valence-corrected chi connectivity index (χ3v) is 7.39. The lowest BCUT2D eigenvalue weighted by Crippen LogP contribution is -2.57. The molecular weight excluding hydrogens is 552 g/mol. The number of piperazine rings is 1. The molecule has 1 aromatic carbocycles. The Morgan fingerprint density at radius 2 is 1.85 bits per heavy atom. The minimum Gasteiger partial charge on any atom is -0.375 e. The maximum Gasteiger partial charge on any atom is 0.493 e. The molecule has 41 heavy (non-hydrogen) atoms. The van der Waals surface area contributed by atoms with Gasteiger partial charge in [0.2, 0.25) is 5.91 Å². The highest BCUT2D eigenvalue weighted by molar-refractivity contribution is 5.97. The van der Waals surface area contributed by atoms with Crippen molar-refractivity contribution in [1.82, 2.24) is 19.7 Å². The fourth-order valence-electron chi connectivity index (χ4n) is 5.03. The number of carbonyl (C=O) groups excluding carboxylic acids is 3. The monoisotopic (exact) mass is 582 g/mol. The van der Waals surface area contributed by atoms with Crippen LogP contribution in [-0.2, 0) is 20.7 Å². The number of nitrogens with zero attached hydrogens (tertiary/aromatic N) is 4. The molecule has 1 atom stereocenters. The second-order valence-corrected chi connectivity index (χ2v) is 10.8. The molecule has 2 fully saturated rings. The molecule has 1 aromatic heterocycles. The van der Waals surface area contributed by atoms with Gasteiger partial charge in [-0.2, -0.15) is 13.2 Å². The van der Waals surface area contributed by atoms with Gasteiger partial charge in [0.1, 0.15) is 12.4 Å². The van der Waals surface area contributed by atoms with Gasteiger partial charge in [0.05, 0.1) is 16.9 Å². The van der Waals surface area contributed by atoms with Gasteiger partial charge in [-0.1, -0.05) is 6.07 Å². The van der Waals surface area contributed by atoms with Crippen molar-refractivity contribution >= 4 is 17.8 Å². The molecule has 2 saturated heterocycles. The topological polar surface area (TPSA) is 111 Å². The normalized spacial score (nSPS) is 19.3. The maximum absolute atomic E-state index is 14.8. The number of aromatic nitrogens is 2. The summed E-state index contributed by atoms with van der Waals surface area (Å²) in [7, 11) is 0. The van der Waals surface area contributed by atoms with Crippen molar-refractivity contribution in [3.05, 3.63) is 62.3 Å². The smallest absolute Gasteiger partial charge is 0.375 e. The Kier molecular flexibility index (Phi) is 8.25. The van der Waals surface area contributed by atoms with Crippen molar-refractivity contribution in [2.75, 3.05) is 26.2 Å². The molecule has 0 saturated carbocycles. The third kappa shape index (κ3) is 6.58. The first-order valence-corrected chi connectivity index (χ1v) is 13.0. The number of rotatable bonds is 5. The molecule has 4 rings (SSSR count). The number of hydrogen-bond donors (Lipinski definition) is 0. The van der Waals surface area contributed by atoms with Gasteiger partial charge in [0.15, 0.2) is 0 Å². The van der Waals surface area contributed by atoms with E-state index in [9.17, 15) is 36.7 Å². The Morgan fingerprint density at radius 1 is 1.15 bits per heavy atom. The summed E-state index contributed by atoms with van der Waals surface area (Å²) in [4.78, 5) is 56.9. The van der Waals surface area contributed by atoms with Gasteiger partial charge >= 0.3 is 17.7 Å². The minimum atomic E-state index is -5.35. The van der Waals surface area contributed by atoms with E-state index in [2.05, 4.69) is 9.94 Å². The van der Waals surface area contributed by atoms with Crippen LogP contribution in [0.5, 0.6) is 0 Å². The summed E-state index contributed by atoms with van der Waals surface area (Å²) < 4.78 is 58.5. The van der Waals surface area contributed by atoms with Crippen LogP contribution in [0.2, 0.25) is 0 Å². The Labute approximate surface area is 232 Å². The number of alkyl halides is 3. The van der Waals surface area contributed by atoms with Gasteiger partial charge in [0.25, 0.3) is 5.91 Å². The molecule has 2 aliphatic rings. The van der Waals surface area contributed by atoms with Crippen LogP contribution in [0, 0.1) is 19.7 Å². The van der Waals surface area contributed by atoms with Crippen LogP contribution >= 0.6 is 0 Å². The summed E-state index contributed by atoms with van der Waals surface area (Å²) in [6.45, 7) is 7.58. The van der Waals surface area contributed by atoms with Gasteiger partial charge < -0.3 is 19.4 Å². The quantitative estimate of drug-likeness (QED) is 0.498. The van der Waals surface area contributed by atoms with Gasteiger partial charge in [-0.15, -0.1) is 5.10 Å². The van der Waals surface area contributed by atoms with Crippen LogP contribution < -0.4 is 10.4 Å². The van der Waals surface area contributed by atoms with Crippen molar-refractivity contribution in [2.24, 2.45) is 0 Å². The second-order valence-electron chi connectivity index (χ2n) is 10.8. The first-order valence-electron chi connectivity index (χ1n) is 13.0. The average Bonchev–Trinajstić information content (AvgIpc) is 2.89. The molecule has 0 N–H and O–H groups in total. The molecule has 0 radical (unpaired) electrons. The number of halogens is 4. The first kappa shape index (κ1) is 30.2. The number of carbonyl (C=O) groups is 3. The predicted octanol–water partition coefficient (Wildman–Crippen LogP) is 2.35. The van der Waals surface area contributed by atoms with E-state index in [4.69, 9.17) is 4.74 Å². The molecular formula is C27H30F4N4O6. The van der Waals surface area contributed by atoms with Crippen molar-refractivity contribution in [3.63, 3.8) is 0 Å². The summed E-state index contributed by atoms with van der Waals surface area (Å²) in [6, 6.07) is 3.67. The highest BCUT2D eigenvalue weighted by Crippen LogP contribution is 2.29. The van der Waals surface area contributed by atoms with E-state index in [0.717, 1.165) is 6.07 Å². The Bertz CT molecular complexity index is 1440. The molecule has 2 aliphatic heterocycles. The number of benzene rings is 1. The molecule has 0 aliphatic carbocycles. The van der Waals surface area contributed by atoms with Crippen molar-refractivity contribution in [3.8, 4) is 0 Å². The zero-order valence-electron chi connectivity index (χ0n) is 23.0. The molecule has 10 nitrogen and oxygen atoms in total. The molecule has 2 aromatic rings. The fourth-order valence-corrected chi connectivity index (χ4v) is 5.03. The lowest BCUT2D eigenvalue weighted by molar-refractivity contribution is -0.202. The summed E-state index contributed by atoms with van der Waals surface area (Å²) in [5.41, 5.74) is -0.957. The molecule has 222 valence electrons. The van der Waals surface area contributed by atoms with E-state index >= 15 is 0 Å². The largest absolute Gasteiger partial charge is 0.493 e. The Hall–Kier alpha value is -3.81. The number of ether oxygens (including phenoxy) is 1. The van der Waals surface area contributed by atoms with Crippen LogP contribution in [0.15, 0.2) is 23.0 Å². The Morgan fingerprint density at radius 3 is 2.49 bits per heavy atom. The van der Waals surface area contributed by atoms with Crippen molar-refractivity contribution < 1.29 is 41.5 Å². The predicted molar refractivity (Wildman–Crippen MR) is 135 cm³/mol. The van der Waals surface area contributed by atoms with Crippen LogP contribution in [-0.4, -0.2) is 81.6 Å². The average molecular weight is 583 g/mol. The minimum absolute atomic E-state index is 0.00677. The van der Waals surface area contributed by atoms with Crippen LogP contribution in [0.25, 0.3) is 0 Å². The van der Waals surface area contributed by atoms with E-state index in [0.29, 0.717) is 37.1 Å². The zero-order valence-corrected chi connectivity index (χ0v) is 23.0. The van der Waals surface area contributed by atoms with Gasteiger partial charge in [0, 0.05) is 37.7 Å². The number of hydrogen-bond acceptors (Lipinski definition) is 7. The summed E-state index contributed by atoms with van der Waals surface area (Å²) in [5.74, 6) is -4.36. The van der Waals surface area contributed by atoms with Crippen LogP contribution in [0.4, 0.5) is 17.6 Å². The Balaban J connectivity index is 1.52. The first-order chi connectivity index (χ1) is 19.1. The van der Waals surface area contributed by atoms with Crippen LogP contribution in [0.1, 0.15) is 59.4 Å². The summed E-state index contributed by atoms with van der Waals surface area (Å²) in [6.07, 6.45) is -4.11. The SMILES string of the molecule is Cc1c(Cc2ccc(F)c(C(=O)N3CCN(C4CCOC(C)(C)C4)C(=O)C3)c2)nn(OC(=O)C(F)(F)F)c(=O)c1C. The fraction of sp³-hybridized carbons (Fsp3) is 0.519. The van der Waals surface area contributed by atoms with Crippen molar-refractivity contribution in [1.29, 1.82) is 0 Å². The second kappa shape index (κ2) is 11.2. The van der Waals surface area contributed by atoms with E-state index in [-0.39, 0.29) is 58.7 Å². The lowest BCUT2D eigenvalue weighted by atomic mass is 9.92. The summed E-state index contributed by atoms with van der Waals surface area (Å²) in [5, 5.41) is 3.75. The van der Waals surface area contributed by atoms with Crippen LogP contribution in [0.3, 0.4) is 0 Å². The maximum atomic E-state index is 14.8. The van der Waals surface area contributed by atoms with Gasteiger partial charge in [-0.25, -0.2) is 9.18 Å².